The molecule has 0 atom stereocenters. The van der Waals surface area contributed by atoms with Crippen LogP contribution in [0, 0.1) is 0 Å². The van der Waals surface area contributed by atoms with E-state index in [1.807, 2.05) is 18.0 Å². The van der Waals surface area contributed by atoms with Gasteiger partial charge in [0.2, 0.25) is 11.8 Å². The zero-order valence-electron chi connectivity index (χ0n) is 18.1. The molecular formula is C21H30N6O4. The van der Waals surface area contributed by atoms with E-state index in [1.54, 1.807) is 17.2 Å². The van der Waals surface area contributed by atoms with Crippen molar-refractivity contribution in [1.82, 2.24) is 19.9 Å². The standard InChI is InChI=1S/C21H30N6O4/c1-3-4-10-31-21-24-19(22)16-12-18(29)27(20(16)25-21)14-15-5-6-17(23-13-15)30-11-8-26(2)7-9-28/h5-6,13,28H,3-4,7-12,14H2,1-2H3,(H2,22,24,25). The minimum atomic E-state index is -0.0889. The van der Waals surface area contributed by atoms with E-state index in [0.29, 0.717) is 50.1 Å². The lowest BCUT2D eigenvalue weighted by Gasteiger charge is -2.17. The van der Waals surface area contributed by atoms with Gasteiger partial charge in [-0.25, -0.2) is 4.98 Å². The van der Waals surface area contributed by atoms with Crippen molar-refractivity contribution in [3.8, 4) is 11.9 Å². The quantitative estimate of drug-likeness (QED) is 0.475. The van der Waals surface area contributed by atoms with Crippen molar-refractivity contribution in [1.29, 1.82) is 0 Å². The van der Waals surface area contributed by atoms with Crippen LogP contribution in [0.5, 0.6) is 11.9 Å². The molecule has 2 aromatic heterocycles. The average Bonchev–Trinajstić information content (AvgIpc) is 3.06. The van der Waals surface area contributed by atoms with Crippen LogP contribution in [0.25, 0.3) is 0 Å². The first-order chi connectivity index (χ1) is 15.0. The summed E-state index contributed by atoms with van der Waals surface area (Å²) in [5.74, 6) is 1.19. The number of nitrogens with zero attached hydrogens (tertiary/aromatic N) is 5. The van der Waals surface area contributed by atoms with Gasteiger partial charge in [0.15, 0.2) is 0 Å². The molecule has 0 aromatic carbocycles. The summed E-state index contributed by atoms with van der Waals surface area (Å²) in [7, 11) is 1.91. The summed E-state index contributed by atoms with van der Waals surface area (Å²) >= 11 is 0. The zero-order valence-corrected chi connectivity index (χ0v) is 18.1. The van der Waals surface area contributed by atoms with Gasteiger partial charge in [0.25, 0.3) is 0 Å². The highest BCUT2D eigenvalue weighted by molar-refractivity contribution is 6.01. The Bertz CT molecular complexity index is 877. The summed E-state index contributed by atoms with van der Waals surface area (Å²) in [5.41, 5.74) is 7.52. The van der Waals surface area contributed by atoms with Crippen molar-refractivity contribution in [2.75, 3.05) is 50.6 Å². The van der Waals surface area contributed by atoms with E-state index in [4.69, 9.17) is 20.3 Å². The van der Waals surface area contributed by atoms with Crippen LogP contribution in [0.2, 0.25) is 0 Å². The highest BCUT2D eigenvalue weighted by atomic mass is 16.5. The Hall–Kier alpha value is -2.98. The molecule has 0 unspecified atom stereocenters. The van der Waals surface area contributed by atoms with Gasteiger partial charge < -0.3 is 25.2 Å². The monoisotopic (exact) mass is 430 g/mol. The van der Waals surface area contributed by atoms with E-state index >= 15 is 0 Å². The van der Waals surface area contributed by atoms with Crippen molar-refractivity contribution >= 4 is 17.5 Å². The zero-order chi connectivity index (χ0) is 22.2. The molecule has 1 amide bonds. The minimum absolute atomic E-state index is 0.0889. The first kappa shape index (κ1) is 22.7. The lowest BCUT2D eigenvalue weighted by Crippen LogP contribution is -2.27. The summed E-state index contributed by atoms with van der Waals surface area (Å²) in [6.07, 6.45) is 3.74. The normalized spacial score (nSPS) is 13.0. The SMILES string of the molecule is CCCCOc1nc(N)c2c(n1)N(Cc1ccc(OCCN(C)CCO)nc1)C(=O)C2. The van der Waals surface area contributed by atoms with E-state index in [2.05, 4.69) is 21.9 Å². The molecule has 10 nitrogen and oxygen atoms in total. The highest BCUT2D eigenvalue weighted by Gasteiger charge is 2.32. The van der Waals surface area contributed by atoms with Crippen LogP contribution in [-0.4, -0.2) is 70.8 Å². The highest BCUT2D eigenvalue weighted by Crippen LogP contribution is 2.33. The predicted octanol–water partition coefficient (Wildman–Crippen LogP) is 1.02. The number of aliphatic hydroxyl groups excluding tert-OH is 1. The Labute approximate surface area is 182 Å². The van der Waals surface area contributed by atoms with Crippen molar-refractivity contribution in [2.45, 2.75) is 32.7 Å². The van der Waals surface area contributed by atoms with E-state index in [0.717, 1.165) is 18.4 Å². The van der Waals surface area contributed by atoms with Crippen LogP contribution in [0.4, 0.5) is 11.6 Å². The molecule has 1 aliphatic heterocycles. The molecule has 168 valence electrons. The van der Waals surface area contributed by atoms with Crippen molar-refractivity contribution in [3.05, 3.63) is 29.5 Å². The first-order valence-corrected chi connectivity index (χ1v) is 10.5. The third kappa shape index (κ3) is 6.02. The maximum atomic E-state index is 12.6. The third-order valence-corrected chi connectivity index (χ3v) is 4.95. The molecule has 0 aliphatic carbocycles. The first-order valence-electron chi connectivity index (χ1n) is 10.5. The average molecular weight is 431 g/mol. The molecule has 10 heteroatoms. The molecule has 0 saturated heterocycles. The van der Waals surface area contributed by atoms with E-state index in [9.17, 15) is 4.79 Å². The maximum absolute atomic E-state index is 12.6. The second-order valence-electron chi connectivity index (χ2n) is 7.43. The second-order valence-corrected chi connectivity index (χ2v) is 7.43. The van der Waals surface area contributed by atoms with Crippen LogP contribution in [0.3, 0.4) is 0 Å². The number of hydrogen-bond donors (Lipinski definition) is 2. The van der Waals surface area contributed by atoms with Gasteiger partial charge in [-0.2, -0.15) is 9.97 Å². The van der Waals surface area contributed by atoms with Gasteiger partial charge in [-0.05, 0) is 19.0 Å². The molecular weight excluding hydrogens is 400 g/mol. The Morgan fingerprint density at radius 2 is 2.06 bits per heavy atom. The molecule has 31 heavy (non-hydrogen) atoms. The predicted molar refractivity (Wildman–Crippen MR) is 116 cm³/mol. The van der Waals surface area contributed by atoms with Crippen LogP contribution in [0.1, 0.15) is 30.9 Å². The number of carbonyl (C=O) groups is 1. The summed E-state index contributed by atoms with van der Waals surface area (Å²) in [4.78, 5) is 29.1. The number of aliphatic hydroxyl groups is 1. The van der Waals surface area contributed by atoms with Gasteiger partial charge in [-0.1, -0.05) is 19.4 Å². The van der Waals surface area contributed by atoms with Gasteiger partial charge in [-0.3, -0.25) is 9.69 Å². The van der Waals surface area contributed by atoms with E-state index in [1.165, 1.54) is 0 Å². The molecule has 0 spiro atoms. The molecule has 3 N–H and O–H groups in total. The molecule has 0 bridgehead atoms. The number of fused-ring (bicyclic) bond motifs is 1. The maximum Gasteiger partial charge on any atom is 0.320 e. The molecule has 0 radical (unpaired) electrons. The summed E-state index contributed by atoms with van der Waals surface area (Å²) in [6, 6.07) is 3.84. The molecule has 3 rings (SSSR count). The smallest absolute Gasteiger partial charge is 0.320 e. The van der Waals surface area contributed by atoms with E-state index < -0.39 is 0 Å². The second kappa shape index (κ2) is 10.9. The summed E-state index contributed by atoms with van der Waals surface area (Å²) in [5, 5.41) is 8.91. The number of rotatable bonds is 12. The number of amides is 1. The van der Waals surface area contributed by atoms with Gasteiger partial charge in [0.05, 0.1) is 26.2 Å². The van der Waals surface area contributed by atoms with Gasteiger partial charge in [0, 0.05) is 30.9 Å². The number of nitrogens with two attached hydrogens (primary N) is 1. The largest absolute Gasteiger partial charge is 0.476 e. The van der Waals surface area contributed by atoms with Gasteiger partial charge in [-0.15, -0.1) is 0 Å². The fourth-order valence-corrected chi connectivity index (χ4v) is 3.12. The minimum Gasteiger partial charge on any atom is -0.476 e. The Kier molecular flexibility index (Phi) is 7.96. The lowest BCUT2D eigenvalue weighted by atomic mass is 10.2. The number of unbranched alkanes of at least 4 members (excludes halogenated alkanes) is 1. The number of anilines is 2. The van der Waals surface area contributed by atoms with Crippen LogP contribution in [-0.2, 0) is 17.8 Å². The van der Waals surface area contributed by atoms with Crippen LogP contribution >= 0.6 is 0 Å². The Morgan fingerprint density at radius 1 is 1.23 bits per heavy atom. The number of pyridine rings is 1. The number of aromatic nitrogens is 3. The van der Waals surface area contributed by atoms with Crippen LogP contribution in [0.15, 0.2) is 18.3 Å². The summed E-state index contributed by atoms with van der Waals surface area (Å²) < 4.78 is 11.2. The number of nitrogen functional groups attached to an aromatic ring is 1. The summed E-state index contributed by atoms with van der Waals surface area (Å²) in [6.45, 7) is 4.77. The van der Waals surface area contributed by atoms with Crippen molar-refractivity contribution < 1.29 is 19.4 Å². The van der Waals surface area contributed by atoms with Crippen molar-refractivity contribution in [2.24, 2.45) is 0 Å². The number of likely N-dealkylation sites (N-methyl/N-ethyl adjacent to an activating group) is 1. The molecule has 0 fully saturated rings. The molecule has 1 aliphatic rings. The topological polar surface area (TPSA) is 127 Å². The lowest BCUT2D eigenvalue weighted by molar-refractivity contribution is -0.117. The molecule has 3 heterocycles. The number of carbonyl (C=O) groups excluding carboxylic acids is 1. The van der Waals surface area contributed by atoms with Crippen molar-refractivity contribution in [3.63, 3.8) is 0 Å². The Balaban J connectivity index is 1.63. The Morgan fingerprint density at radius 3 is 2.77 bits per heavy atom. The fraction of sp³-hybridized carbons (Fsp3) is 0.524. The van der Waals surface area contributed by atoms with E-state index in [-0.39, 0.29) is 30.8 Å². The molecule has 2 aromatic rings. The van der Waals surface area contributed by atoms with Gasteiger partial charge >= 0.3 is 6.01 Å². The number of ether oxygens (including phenoxy) is 2. The molecule has 0 saturated carbocycles. The van der Waals surface area contributed by atoms with Crippen LogP contribution < -0.4 is 20.1 Å². The number of hydrogen-bond acceptors (Lipinski definition) is 9. The third-order valence-electron chi connectivity index (χ3n) is 4.95. The fourth-order valence-electron chi connectivity index (χ4n) is 3.12. The van der Waals surface area contributed by atoms with Gasteiger partial charge in [0.1, 0.15) is 18.2 Å².